The van der Waals surface area contributed by atoms with E-state index in [4.69, 9.17) is 14.9 Å². The lowest BCUT2D eigenvalue weighted by Gasteiger charge is -2.20. The van der Waals surface area contributed by atoms with Gasteiger partial charge in [-0.3, -0.25) is 14.7 Å². The second-order valence-electron chi connectivity index (χ2n) is 7.45. The molecule has 0 radical (unpaired) electrons. The number of cyclic esters (lactones) is 1. The zero-order valence-electron chi connectivity index (χ0n) is 17.2. The number of hydrogen-bond donors (Lipinski definition) is 1. The molecule has 9 heteroatoms. The van der Waals surface area contributed by atoms with Crippen LogP contribution in [-0.4, -0.2) is 49.8 Å². The number of ether oxygens (including phenoxy) is 1. The molecule has 8 nitrogen and oxygen atoms in total. The van der Waals surface area contributed by atoms with Crippen molar-refractivity contribution in [3.8, 4) is 11.1 Å². The smallest absolute Gasteiger partial charge is 0.410 e. The van der Waals surface area contributed by atoms with E-state index in [9.17, 15) is 9.59 Å². The lowest BCUT2D eigenvalue weighted by Crippen LogP contribution is -2.26. The summed E-state index contributed by atoms with van der Waals surface area (Å²) in [6.07, 6.45) is 5.04. The summed E-state index contributed by atoms with van der Waals surface area (Å²) >= 11 is 3.50. The van der Waals surface area contributed by atoms with Gasteiger partial charge in [0.15, 0.2) is 0 Å². The molecule has 1 aliphatic rings. The summed E-state index contributed by atoms with van der Waals surface area (Å²) in [5, 5.41) is 14.0. The number of carboxylic acid groups (broad SMARTS) is 1. The predicted octanol–water partition coefficient (Wildman–Crippen LogP) is 4.08. The molecule has 1 aliphatic heterocycles. The van der Waals surface area contributed by atoms with Gasteiger partial charge in [0.05, 0.1) is 24.3 Å². The van der Waals surface area contributed by atoms with Gasteiger partial charge in [0.2, 0.25) is 0 Å². The molecule has 0 bridgehead atoms. The molecule has 4 rings (SSSR count). The summed E-state index contributed by atoms with van der Waals surface area (Å²) in [4.78, 5) is 29.2. The first kappa shape index (κ1) is 21.3. The molecule has 31 heavy (non-hydrogen) atoms. The average molecular weight is 487 g/mol. The number of halogens is 1. The van der Waals surface area contributed by atoms with Crippen molar-refractivity contribution in [3.05, 3.63) is 52.0 Å². The molecule has 1 amide bonds. The van der Waals surface area contributed by atoms with Gasteiger partial charge in [0.1, 0.15) is 6.61 Å². The van der Waals surface area contributed by atoms with Crippen molar-refractivity contribution in [2.75, 3.05) is 13.2 Å². The molecule has 0 atom stereocenters. The van der Waals surface area contributed by atoms with Crippen molar-refractivity contribution in [1.29, 1.82) is 0 Å². The zero-order chi connectivity index (χ0) is 22.0. The second kappa shape index (κ2) is 9.05. The quantitative estimate of drug-likeness (QED) is 0.515. The largest absolute Gasteiger partial charge is 0.481 e. The number of fused-ring (bicyclic) bond motifs is 1. The Morgan fingerprint density at radius 2 is 2.16 bits per heavy atom. The number of aliphatic carboxylic acids is 1. The summed E-state index contributed by atoms with van der Waals surface area (Å²) in [6.45, 7) is 3.25. The van der Waals surface area contributed by atoms with Crippen LogP contribution >= 0.6 is 15.9 Å². The highest BCUT2D eigenvalue weighted by Gasteiger charge is 2.26. The summed E-state index contributed by atoms with van der Waals surface area (Å²) in [5.74, 6) is -0.833. The number of carboxylic acids is 1. The number of nitrogens with zero attached hydrogens (tertiary/aromatic N) is 4. The van der Waals surface area contributed by atoms with Crippen molar-refractivity contribution in [1.82, 2.24) is 19.5 Å². The van der Waals surface area contributed by atoms with E-state index in [1.807, 2.05) is 22.7 Å². The van der Waals surface area contributed by atoms with Gasteiger partial charge >= 0.3 is 12.1 Å². The van der Waals surface area contributed by atoms with Gasteiger partial charge in [-0.1, -0.05) is 6.92 Å². The van der Waals surface area contributed by atoms with Crippen LogP contribution < -0.4 is 0 Å². The predicted molar refractivity (Wildman–Crippen MR) is 118 cm³/mol. The van der Waals surface area contributed by atoms with E-state index in [0.717, 1.165) is 44.5 Å². The highest BCUT2D eigenvalue weighted by Crippen LogP contribution is 2.34. The summed E-state index contributed by atoms with van der Waals surface area (Å²) in [5.41, 5.74) is 5.57. The van der Waals surface area contributed by atoms with Crippen molar-refractivity contribution >= 4 is 33.5 Å². The van der Waals surface area contributed by atoms with Gasteiger partial charge in [-0.15, -0.1) is 0 Å². The first-order valence-corrected chi connectivity index (χ1v) is 11.0. The molecule has 162 valence electrons. The minimum Gasteiger partial charge on any atom is -0.481 e. The van der Waals surface area contributed by atoms with Gasteiger partial charge in [0, 0.05) is 40.1 Å². The summed E-state index contributed by atoms with van der Waals surface area (Å²) < 4.78 is 7.87. The molecule has 3 aromatic heterocycles. The molecule has 1 saturated heterocycles. The van der Waals surface area contributed by atoms with Crippen molar-refractivity contribution in [2.45, 2.75) is 39.2 Å². The van der Waals surface area contributed by atoms with Gasteiger partial charge in [0.25, 0.3) is 0 Å². The number of carbonyl (C=O) groups excluding carboxylic acids is 1. The van der Waals surface area contributed by atoms with E-state index in [-0.39, 0.29) is 12.5 Å². The van der Waals surface area contributed by atoms with Crippen LogP contribution in [0.4, 0.5) is 4.79 Å². The van der Waals surface area contributed by atoms with E-state index in [2.05, 4.69) is 27.8 Å². The Hall–Kier alpha value is -2.94. The average Bonchev–Trinajstić information content (AvgIpc) is 3.33. The molecule has 1 fully saturated rings. The Kier molecular flexibility index (Phi) is 6.22. The van der Waals surface area contributed by atoms with Crippen molar-refractivity contribution in [3.63, 3.8) is 0 Å². The van der Waals surface area contributed by atoms with E-state index in [0.29, 0.717) is 32.5 Å². The molecule has 0 unspecified atom stereocenters. The maximum Gasteiger partial charge on any atom is 0.410 e. The Morgan fingerprint density at radius 3 is 2.84 bits per heavy atom. The third kappa shape index (κ3) is 4.41. The molecule has 3 aromatic rings. The molecule has 0 spiro atoms. The van der Waals surface area contributed by atoms with Gasteiger partial charge in [-0.25, -0.2) is 9.31 Å². The minimum atomic E-state index is -0.833. The molecular weight excluding hydrogens is 464 g/mol. The fraction of sp³-hybridized carbons (Fsp3) is 0.364. The molecule has 0 aromatic carbocycles. The maximum absolute atomic E-state index is 12.1. The fourth-order valence-corrected chi connectivity index (χ4v) is 4.32. The zero-order valence-corrected chi connectivity index (χ0v) is 18.8. The highest BCUT2D eigenvalue weighted by molar-refractivity contribution is 9.10. The number of carbonyl (C=O) groups is 2. The van der Waals surface area contributed by atoms with Crippen LogP contribution in [0.25, 0.3) is 16.6 Å². The third-order valence-corrected chi connectivity index (χ3v) is 5.85. The monoisotopic (exact) mass is 486 g/mol. The summed E-state index contributed by atoms with van der Waals surface area (Å²) in [7, 11) is 0. The van der Waals surface area contributed by atoms with Crippen LogP contribution in [0.15, 0.2) is 35.1 Å². The Labute approximate surface area is 188 Å². The SMILES string of the molecule is CCc1ccc2c(-c3cncc(Br)c3)c(CCCC(=O)O)c(CN3CCOC3=O)nn12. The van der Waals surface area contributed by atoms with E-state index >= 15 is 0 Å². The van der Waals surface area contributed by atoms with E-state index in [1.54, 1.807) is 17.3 Å². The van der Waals surface area contributed by atoms with Crippen LogP contribution in [0.5, 0.6) is 0 Å². The molecular formula is C22H23BrN4O4. The highest BCUT2D eigenvalue weighted by atomic mass is 79.9. The Balaban J connectivity index is 1.91. The second-order valence-corrected chi connectivity index (χ2v) is 8.37. The minimum absolute atomic E-state index is 0.0633. The number of amides is 1. The Bertz CT molecular complexity index is 1140. The standard InChI is InChI=1S/C22H23BrN4O4/c1-2-16-6-7-19-21(14-10-15(23)12-24-11-14)17(4-3-5-20(28)29)18(25-27(16)19)13-26-8-9-31-22(26)30/h6-7,10-12H,2-5,8-9,13H2,1H3,(H,28,29). The fourth-order valence-electron chi connectivity index (χ4n) is 3.96. The molecule has 4 heterocycles. The van der Waals surface area contributed by atoms with Gasteiger partial charge < -0.3 is 9.84 Å². The first-order chi connectivity index (χ1) is 15.0. The molecule has 0 saturated carbocycles. The number of rotatable bonds is 8. The van der Waals surface area contributed by atoms with Crippen LogP contribution in [0, 0.1) is 0 Å². The van der Waals surface area contributed by atoms with Crippen LogP contribution in [0.3, 0.4) is 0 Å². The van der Waals surface area contributed by atoms with Gasteiger partial charge in [-0.05, 0) is 59.0 Å². The molecule has 1 N–H and O–H groups in total. The topological polar surface area (TPSA) is 97.0 Å². The van der Waals surface area contributed by atoms with Crippen LogP contribution in [-0.2, 0) is 28.9 Å². The number of aryl methyl sites for hydroxylation is 1. The first-order valence-electron chi connectivity index (χ1n) is 10.2. The Morgan fingerprint density at radius 1 is 1.32 bits per heavy atom. The number of hydrogen-bond acceptors (Lipinski definition) is 5. The van der Waals surface area contributed by atoms with E-state index in [1.165, 1.54) is 0 Å². The summed E-state index contributed by atoms with van der Waals surface area (Å²) in [6, 6.07) is 6.08. The van der Waals surface area contributed by atoms with Crippen molar-refractivity contribution in [2.24, 2.45) is 0 Å². The van der Waals surface area contributed by atoms with Crippen molar-refractivity contribution < 1.29 is 19.4 Å². The molecule has 0 aliphatic carbocycles. The van der Waals surface area contributed by atoms with Crippen LogP contribution in [0.2, 0.25) is 0 Å². The lowest BCUT2D eigenvalue weighted by atomic mass is 9.95. The normalized spacial score (nSPS) is 13.7. The number of pyridine rings is 1. The third-order valence-electron chi connectivity index (χ3n) is 5.42. The maximum atomic E-state index is 12.1. The van der Waals surface area contributed by atoms with E-state index < -0.39 is 5.97 Å². The number of aromatic nitrogens is 3. The van der Waals surface area contributed by atoms with Gasteiger partial charge in [-0.2, -0.15) is 5.10 Å². The van der Waals surface area contributed by atoms with Crippen LogP contribution in [0.1, 0.15) is 36.7 Å². The lowest BCUT2D eigenvalue weighted by molar-refractivity contribution is -0.137.